The van der Waals surface area contributed by atoms with Crippen molar-refractivity contribution in [2.75, 3.05) is 6.54 Å². The molecule has 74 valence electrons. The quantitative estimate of drug-likeness (QED) is 0.642. The van der Waals surface area contributed by atoms with Crippen LogP contribution < -0.4 is 10.6 Å². The van der Waals surface area contributed by atoms with Gasteiger partial charge >= 0.3 is 6.03 Å². The van der Waals surface area contributed by atoms with Crippen LogP contribution in [-0.2, 0) is 0 Å². The van der Waals surface area contributed by atoms with E-state index in [2.05, 4.69) is 17.2 Å². The Bertz CT molecular complexity index is 174. The van der Waals surface area contributed by atoms with Gasteiger partial charge in [0.15, 0.2) is 0 Å². The van der Waals surface area contributed by atoms with E-state index in [9.17, 15) is 4.79 Å². The lowest BCUT2D eigenvalue weighted by Gasteiger charge is -2.22. The topological polar surface area (TPSA) is 41.1 Å². The molecule has 0 unspecified atom stereocenters. The van der Waals surface area contributed by atoms with Crippen molar-refractivity contribution >= 4 is 6.03 Å². The molecule has 1 rings (SSSR count). The Hall–Kier alpha value is -0.990. The van der Waals surface area contributed by atoms with Gasteiger partial charge in [0.2, 0.25) is 0 Å². The SMILES string of the molecule is C=CCNC(=O)NC1CCCCC1. The molecular formula is C10H18N2O. The van der Waals surface area contributed by atoms with Gasteiger partial charge in [0, 0.05) is 12.6 Å². The Kier molecular flexibility index (Phi) is 4.36. The molecule has 0 bridgehead atoms. The molecule has 0 spiro atoms. The van der Waals surface area contributed by atoms with Gasteiger partial charge in [-0.25, -0.2) is 4.79 Å². The van der Waals surface area contributed by atoms with Crippen LogP contribution in [0.4, 0.5) is 4.79 Å². The summed E-state index contributed by atoms with van der Waals surface area (Å²) in [6.07, 6.45) is 7.73. The second-order valence-corrected chi connectivity index (χ2v) is 3.48. The van der Waals surface area contributed by atoms with Crippen molar-refractivity contribution < 1.29 is 4.79 Å². The molecular weight excluding hydrogens is 164 g/mol. The van der Waals surface area contributed by atoms with Gasteiger partial charge in [-0.05, 0) is 12.8 Å². The predicted molar refractivity (Wildman–Crippen MR) is 53.6 cm³/mol. The zero-order chi connectivity index (χ0) is 9.52. The van der Waals surface area contributed by atoms with Crippen molar-refractivity contribution in [1.29, 1.82) is 0 Å². The third kappa shape index (κ3) is 3.97. The van der Waals surface area contributed by atoms with Crippen molar-refractivity contribution in [3.63, 3.8) is 0 Å². The maximum atomic E-state index is 11.2. The lowest BCUT2D eigenvalue weighted by atomic mass is 9.96. The summed E-state index contributed by atoms with van der Waals surface area (Å²) in [5.41, 5.74) is 0. The van der Waals surface area contributed by atoms with Crippen LogP contribution in [0.15, 0.2) is 12.7 Å². The molecule has 13 heavy (non-hydrogen) atoms. The zero-order valence-corrected chi connectivity index (χ0v) is 8.01. The van der Waals surface area contributed by atoms with Gasteiger partial charge in [0.05, 0.1) is 0 Å². The molecule has 0 heterocycles. The van der Waals surface area contributed by atoms with Crippen molar-refractivity contribution in [3.05, 3.63) is 12.7 Å². The van der Waals surface area contributed by atoms with E-state index in [0.717, 1.165) is 12.8 Å². The minimum atomic E-state index is -0.0631. The summed E-state index contributed by atoms with van der Waals surface area (Å²) < 4.78 is 0. The largest absolute Gasteiger partial charge is 0.335 e. The van der Waals surface area contributed by atoms with E-state index in [4.69, 9.17) is 0 Å². The normalized spacial score (nSPS) is 17.8. The van der Waals surface area contributed by atoms with E-state index in [1.165, 1.54) is 19.3 Å². The van der Waals surface area contributed by atoms with Crippen LogP contribution in [0.5, 0.6) is 0 Å². The fourth-order valence-corrected chi connectivity index (χ4v) is 1.65. The third-order valence-electron chi connectivity index (χ3n) is 2.35. The molecule has 3 heteroatoms. The lowest BCUT2D eigenvalue weighted by Crippen LogP contribution is -2.42. The van der Waals surface area contributed by atoms with Gasteiger partial charge < -0.3 is 10.6 Å². The number of rotatable bonds is 3. The van der Waals surface area contributed by atoms with Crippen molar-refractivity contribution in [3.8, 4) is 0 Å². The number of carbonyl (C=O) groups excluding carboxylic acids is 1. The molecule has 1 aliphatic rings. The molecule has 3 nitrogen and oxygen atoms in total. The maximum absolute atomic E-state index is 11.2. The average molecular weight is 182 g/mol. The molecule has 0 radical (unpaired) electrons. The fourth-order valence-electron chi connectivity index (χ4n) is 1.65. The third-order valence-corrected chi connectivity index (χ3v) is 2.35. The number of urea groups is 1. The molecule has 1 saturated carbocycles. The maximum Gasteiger partial charge on any atom is 0.315 e. The molecule has 0 aromatic heterocycles. The first-order valence-electron chi connectivity index (χ1n) is 4.98. The summed E-state index contributed by atoms with van der Waals surface area (Å²) in [4.78, 5) is 11.2. The summed E-state index contributed by atoms with van der Waals surface area (Å²) in [7, 11) is 0. The lowest BCUT2D eigenvalue weighted by molar-refractivity contribution is 0.233. The van der Waals surface area contributed by atoms with Crippen LogP contribution >= 0.6 is 0 Å². The Labute approximate surface area is 79.6 Å². The molecule has 0 saturated heterocycles. The Morgan fingerprint density at radius 1 is 1.38 bits per heavy atom. The van der Waals surface area contributed by atoms with Crippen LogP contribution in [0.1, 0.15) is 32.1 Å². The van der Waals surface area contributed by atoms with Crippen LogP contribution in [0.3, 0.4) is 0 Å². The molecule has 0 aliphatic heterocycles. The fraction of sp³-hybridized carbons (Fsp3) is 0.700. The van der Waals surface area contributed by atoms with Crippen LogP contribution in [0, 0.1) is 0 Å². The average Bonchev–Trinajstić information content (AvgIpc) is 2.16. The van der Waals surface area contributed by atoms with E-state index in [1.807, 2.05) is 0 Å². The van der Waals surface area contributed by atoms with E-state index in [0.29, 0.717) is 12.6 Å². The van der Waals surface area contributed by atoms with Gasteiger partial charge in [-0.15, -0.1) is 6.58 Å². The first-order valence-corrected chi connectivity index (χ1v) is 4.98. The highest BCUT2D eigenvalue weighted by Gasteiger charge is 2.14. The molecule has 0 atom stereocenters. The number of hydrogen-bond acceptors (Lipinski definition) is 1. The summed E-state index contributed by atoms with van der Waals surface area (Å²) in [5, 5.41) is 5.67. The Balaban J connectivity index is 2.14. The van der Waals surface area contributed by atoms with Crippen molar-refractivity contribution in [1.82, 2.24) is 10.6 Å². The monoisotopic (exact) mass is 182 g/mol. The van der Waals surface area contributed by atoms with Gasteiger partial charge in [-0.3, -0.25) is 0 Å². The molecule has 0 aromatic carbocycles. The molecule has 0 aromatic rings. The molecule has 1 fully saturated rings. The molecule has 2 N–H and O–H groups in total. The summed E-state index contributed by atoms with van der Waals surface area (Å²) in [6, 6.07) is 0.324. The van der Waals surface area contributed by atoms with Crippen LogP contribution in [0.25, 0.3) is 0 Å². The first-order chi connectivity index (χ1) is 6.33. The standard InChI is InChI=1S/C10H18N2O/c1-2-8-11-10(13)12-9-6-4-3-5-7-9/h2,9H,1,3-8H2,(H2,11,12,13). The van der Waals surface area contributed by atoms with E-state index >= 15 is 0 Å². The van der Waals surface area contributed by atoms with E-state index < -0.39 is 0 Å². The number of amides is 2. The highest BCUT2D eigenvalue weighted by Crippen LogP contribution is 2.16. The Morgan fingerprint density at radius 2 is 2.08 bits per heavy atom. The second-order valence-electron chi connectivity index (χ2n) is 3.48. The number of carbonyl (C=O) groups is 1. The highest BCUT2D eigenvalue weighted by molar-refractivity contribution is 5.74. The molecule has 1 aliphatic carbocycles. The predicted octanol–water partition coefficient (Wildman–Crippen LogP) is 1.80. The van der Waals surface area contributed by atoms with Gasteiger partial charge in [0.1, 0.15) is 0 Å². The van der Waals surface area contributed by atoms with E-state index in [-0.39, 0.29) is 6.03 Å². The summed E-state index contributed by atoms with van der Waals surface area (Å²) >= 11 is 0. The number of nitrogens with one attached hydrogen (secondary N) is 2. The van der Waals surface area contributed by atoms with E-state index in [1.54, 1.807) is 6.08 Å². The van der Waals surface area contributed by atoms with Crippen molar-refractivity contribution in [2.45, 2.75) is 38.1 Å². The zero-order valence-electron chi connectivity index (χ0n) is 8.01. The summed E-state index contributed by atoms with van der Waals surface area (Å²) in [5.74, 6) is 0. The van der Waals surface area contributed by atoms with Crippen molar-refractivity contribution in [2.24, 2.45) is 0 Å². The minimum absolute atomic E-state index is 0.0631. The van der Waals surface area contributed by atoms with Gasteiger partial charge in [-0.1, -0.05) is 25.3 Å². The Morgan fingerprint density at radius 3 is 2.69 bits per heavy atom. The summed E-state index contributed by atoms with van der Waals surface area (Å²) in [6.45, 7) is 4.08. The first kappa shape index (κ1) is 10.1. The minimum Gasteiger partial charge on any atom is -0.335 e. The smallest absolute Gasteiger partial charge is 0.315 e. The van der Waals surface area contributed by atoms with Crippen LogP contribution in [-0.4, -0.2) is 18.6 Å². The second kappa shape index (κ2) is 5.62. The highest BCUT2D eigenvalue weighted by atomic mass is 16.2. The number of hydrogen-bond donors (Lipinski definition) is 2. The molecule has 2 amide bonds. The van der Waals surface area contributed by atoms with Gasteiger partial charge in [0.25, 0.3) is 0 Å². The van der Waals surface area contributed by atoms with Gasteiger partial charge in [-0.2, -0.15) is 0 Å². The van der Waals surface area contributed by atoms with Crippen LogP contribution in [0.2, 0.25) is 0 Å².